The first-order valence-corrected chi connectivity index (χ1v) is 11.1. The Morgan fingerprint density at radius 1 is 1.10 bits per heavy atom. The van der Waals surface area contributed by atoms with Crippen molar-refractivity contribution in [1.29, 1.82) is 0 Å². The van der Waals surface area contributed by atoms with E-state index in [-0.39, 0.29) is 40.1 Å². The summed E-state index contributed by atoms with van der Waals surface area (Å²) < 4.78 is 48.2. The van der Waals surface area contributed by atoms with Crippen LogP contribution >= 0.6 is 0 Å². The Bertz CT molecular complexity index is 1230. The lowest BCUT2D eigenvalue weighted by Gasteiger charge is -2.13. The molecule has 0 fully saturated rings. The molecule has 1 heterocycles. The summed E-state index contributed by atoms with van der Waals surface area (Å²) in [6.45, 7) is 3.68. The van der Waals surface area contributed by atoms with Gasteiger partial charge in [-0.3, -0.25) is 4.79 Å². The number of aromatic nitrogens is 2. The first-order chi connectivity index (χ1) is 14.7. The zero-order chi connectivity index (χ0) is 22.6. The van der Waals surface area contributed by atoms with Crippen molar-refractivity contribution in [2.45, 2.75) is 18.7 Å². The van der Waals surface area contributed by atoms with Gasteiger partial charge in [0.25, 0.3) is 11.8 Å². The molecule has 8 nitrogen and oxygen atoms in total. The molecule has 31 heavy (non-hydrogen) atoms. The minimum absolute atomic E-state index is 0.0593. The van der Waals surface area contributed by atoms with Crippen LogP contribution in [0.3, 0.4) is 0 Å². The van der Waals surface area contributed by atoms with Crippen molar-refractivity contribution in [1.82, 2.24) is 10.2 Å². The molecule has 0 unspecified atom stereocenters. The average molecular weight is 445 g/mol. The van der Waals surface area contributed by atoms with E-state index in [2.05, 4.69) is 15.5 Å². The van der Waals surface area contributed by atoms with Gasteiger partial charge in [0.15, 0.2) is 21.3 Å². The van der Waals surface area contributed by atoms with Gasteiger partial charge in [0, 0.05) is 18.0 Å². The van der Waals surface area contributed by atoms with Gasteiger partial charge in [0.1, 0.15) is 11.4 Å². The first-order valence-electron chi connectivity index (χ1n) is 9.23. The van der Waals surface area contributed by atoms with E-state index in [1.807, 2.05) is 0 Å². The minimum atomic E-state index is -3.44. The van der Waals surface area contributed by atoms with Crippen molar-refractivity contribution < 1.29 is 27.1 Å². The van der Waals surface area contributed by atoms with Gasteiger partial charge in [0.05, 0.1) is 17.2 Å². The fourth-order valence-corrected chi connectivity index (χ4v) is 3.32. The SMILES string of the molecule is CCOc1cc(F)ccc1Oc1nnc(C)cc1C(=O)Nc1cccc(S(C)(=O)=O)c1. The monoisotopic (exact) mass is 445 g/mol. The lowest BCUT2D eigenvalue weighted by atomic mass is 10.2. The Morgan fingerprint density at radius 2 is 1.87 bits per heavy atom. The summed E-state index contributed by atoms with van der Waals surface area (Å²) in [6, 6.07) is 11.0. The number of carbonyl (C=O) groups is 1. The fraction of sp³-hybridized carbons (Fsp3) is 0.190. The van der Waals surface area contributed by atoms with Gasteiger partial charge < -0.3 is 14.8 Å². The van der Waals surface area contributed by atoms with Crippen LogP contribution in [0.4, 0.5) is 10.1 Å². The Morgan fingerprint density at radius 3 is 2.58 bits per heavy atom. The van der Waals surface area contributed by atoms with Crippen LogP contribution in [-0.4, -0.2) is 37.4 Å². The number of halogens is 1. The smallest absolute Gasteiger partial charge is 0.261 e. The highest BCUT2D eigenvalue weighted by Crippen LogP contribution is 2.33. The molecule has 3 rings (SSSR count). The van der Waals surface area contributed by atoms with Gasteiger partial charge in [-0.2, -0.15) is 5.10 Å². The summed E-state index contributed by atoms with van der Waals surface area (Å²) >= 11 is 0. The van der Waals surface area contributed by atoms with Gasteiger partial charge in [-0.25, -0.2) is 12.8 Å². The number of hydrogen-bond donors (Lipinski definition) is 1. The van der Waals surface area contributed by atoms with Crippen molar-refractivity contribution in [2.24, 2.45) is 0 Å². The molecule has 2 aromatic carbocycles. The summed E-state index contributed by atoms with van der Waals surface area (Å²) in [5.41, 5.74) is 0.806. The maximum Gasteiger partial charge on any atom is 0.261 e. The van der Waals surface area contributed by atoms with Crippen LogP contribution in [-0.2, 0) is 9.84 Å². The molecule has 1 amide bonds. The topological polar surface area (TPSA) is 107 Å². The van der Waals surface area contributed by atoms with Crippen LogP contribution in [0, 0.1) is 12.7 Å². The van der Waals surface area contributed by atoms with Gasteiger partial charge >= 0.3 is 0 Å². The molecule has 0 radical (unpaired) electrons. The highest BCUT2D eigenvalue weighted by atomic mass is 32.2. The van der Waals surface area contributed by atoms with Crippen LogP contribution < -0.4 is 14.8 Å². The molecule has 162 valence electrons. The lowest BCUT2D eigenvalue weighted by Crippen LogP contribution is -2.15. The van der Waals surface area contributed by atoms with Crippen LogP contribution in [0.25, 0.3) is 0 Å². The van der Waals surface area contributed by atoms with E-state index in [0.717, 1.165) is 12.3 Å². The number of aryl methyl sites for hydroxylation is 1. The van der Waals surface area contributed by atoms with Crippen molar-refractivity contribution in [2.75, 3.05) is 18.2 Å². The Labute approximate surface area is 179 Å². The lowest BCUT2D eigenvalue weighted by molar-refractivity contribution is 0.102. The second-order valence-electron chi connectivity index (χ2n) is 6.58. The number of hydrogen-bond acceptors (Lipinski definition) is 7. The maximum atomic E-state index is 13.6. The third kappa shape index (κ3) is 5.54. The molecule has 0 saturated carbocycles. The van der Waals surface area contributed by atoms with E-state index in [4.69, 9.17) is 9.47 Å². The number of sulfone groups is 1. The van der Waals surface area contributed by atoms with E-state index in [0.29, 0.717) is 5.69 Å². The maximum absolute atomic E-state index is 13.6. The number of benzene rings is 2. The third-order valence-corrected chi connectivity index (χ3v) is 5.17. The highest BCUT2D eigenvalue weighted by molar-refractivity contribution is 7.90. The highest BCUT2D eigenvalue weighted by Gasteiger charge is 2.19. The van der Waals surface area contributed by atoms with Gasteiger partial charge in [0.2, 0.25) is 0 Å². The molecule has 0 aliphatic carbocycles. The molecule has 3 aromatic rings. The van der Waals surface area contributed by atoms with E-state index >= 15 is 0 Å². The molecule has 0 aliphatic heterocycles. The quantitative estimate of drug-likeness (QED) is 0.590. The number of anilines is 1. The second kappa shape index (κ2) is 9.09. The van der Waals surface area contributed by atoms with Crippen molar-refractivity contribution in [3.63, 3.8) is 0 Å². The average Bonchev–Trinajstić information content (AvgIpc) is 2.71. The molecule has 0 aliphatic rings. The van der Waals surface area contributed by atoms with E-state index in [1.54, 1.807) is 19.9 Å². The Balaban J connectivity index is 1.93. The zero-order valence-electron chi connectivity index (χ0n) is 17.0. The first kappa shape index (κ1) is 22.2. The number of carbonyl (C=O) groups excluding carboxylic acids is 1. The number of rotatable bonds is 7. The second-order valence-corrected chi connectivity index (χ2v) is 8.60. The number of amides is 1. The van der Waals surface area contributed by atoms with Crippen LogP contribution in [0.2, 0.25) is 0 Å². The van der Waals surface area contributed by atoms with Crippen LogP contribution in [0.15, 0.2) is 53.4 Å². The molecule has 0 saturated heterocycles. The summed E-state index contributed by atoms with van der Waals surface area (Å²) in [5.74, 6) is -0.894. The van der Waals surface area contributed by atoms with Crippen LogP contribution in [0.1, 0.15) is 23.0 Å². The molecule has 1 N–H and O–H groups in total. The molecule has 0 spiro atoms. The number of nitrogens with zero attached hydrogens (tertiary/aromatic N) is 2. The zero-order valence-corrected chi connectivity index (χ0v) is 17.9. The summed E-state index contributed by atoms with van der Waals surface area (Å²) in [6.07, 6.45) is 1.08. The third-order valence-electron chi connectivity index (χ3n) is 4.06. The van der Waals surface area contributed by atoms with Crippen molar-refractivity contribution in [3.8, 4) is 17.4 Å². The largest absolute Gasteiger partial charge is 0.490 e. The van der Waals surface area contributed by atoms with E-state index < -0.39 is 21.6 Å². The molecule has 1 aromatic heterocycles. The molecular weight excluding hydrogens is 425 g/mol. The summed E-state index contributed by atoms with van der Waals surface area (Å²) in [5, 5.41) is 10.5. The molecule has 10 heteroatoms. The predicted octanol–water partition coefficient (Wildman–Crippen LogP) is 3.77. The predicted molar refractivity (Wildman–Crippen MR) is 112 cm³/mol. The number of ether oxygens (including phenoxy) is 2. The van der Waals surface area contributed by atoms with E-state index in [9.17, 15) is 17.6 Å². The number of nitrogens with one attached hydrogen (secondary N) is 1. The normalized spacial score (nSPS) is 11.1. The fourth-order valence-electron chi connectivity index (χ4n) is 2.66. The van der Waals surface area contributed by atoms with Crippen molar-refractivity contribution >= 4 is 21.4 Å². The molecule has 0 atom stereocenters. The standard InChI is InChI=1S/C21H20FN3O5S/c1-4-29-19-11-14(22)8-9-18(19)30-21-17(10-13(2)24-25-21)20(26)23-15-6-5-7-16(12-15)31(3,27)28/h5-12H,4H2,1-3H3,(H,23,26). The van der Waals surface area contributed by atoms with Gasteiger partial charge in [-0.05, 0) is 50.2 Å². The minimum Gasteiger partial charge on any atom is -0.490 e. The van der Waals surface area contributed by atoms with Gasteiger partial charge in [-0.15, -0.1) is 5.10 Å². The Hall–Kier alpha value is -3.53. The molecular formula is C21H20FN3O5S. The summed E-state index contributed by atoms with van der Waals surface area (Å²) in [4.78, 5) is 13.0. The van der Waals surface area contributed by atoms with E-state index in [1.165, 1.54) is 36.4 Å². The summed E-state index contributed by atoms with van der Waals surface area (Å²) in [7, 11) is -3.44. The van der Waals surface area contributed by atoms with Gasteiger partial charge in [-0.1, -0.05) is 6.07 Å². The molecule has 0 bridgehead atoms. The van der Waals surface area contributed by atoms with Crippen LogP contribution in [0.5, 0.6) is 17.4 Å². The van der Waals surface area contributed by atoms with Crippen molar-refractivity contribution in [3.05, 3.63) is 65.6 Å². The Kier molecular flexibility index (Phi) is 6.50.